The van der Waals surface area contributed by atoms with E-state index in [1.165, 1.54) is 6.20 Å². The van der Waals surface area contributed by atoms with E-state index in [0.717, 1.165) is 18.4 Å². The van der Waals surface area contributed by atoms with Crippen molar-refractivity contribution in [3.63, 3.8) is 0 Å². The van der Waals surface area contributed by atoms with Crippen molar-refractivity contribution < 1.29 is 9.90 Å². The van der Waals surface area contributed by atoms with E-state index in [0.29, 0.717) is 34.6 Å². The highest BCUT2D eigenvalue weighted by Gasteiger charge is 2.33. The molecule has 3 heterocycles. The first kappa shape index (κ1) is 13.7. The van der Waals surface area contributed by atoms with Gasteiger partial charge in [0, 0.05) is 17.3 Å². The fourth-order valence-electron chi connectivity index (χ4n) is 2.79. The Hall–Kier alpha value is -1.98. The molecule has 6 heteroatoms. The fraction of sp³-hybridized carbons (Fsp3) is 0.312. The third kappa shape index (κ3) is 2.17. The number of aliphatic hydroxyl groups is 1. The number of carbonyl (C=O) groups excluding carboxylic acids is 1. The van der Waals surface area contributed by atoms with Crippen LogP contribution in [0.5, 0.6) is 0 Å². The second kappa shape index (κ2) is 5.04. The summed E-state index contributed by atoms with van der Waals surface area (Å²) < 4.78 is 0. The van der Waals surface area contributed by atoms with Crippen LogP contribution >= 0.6 is 11.6 Å². The van der Waals surface area contributed by atoms with Crippen molar-refractivity contribution >= 4 is 23.2 Å². The lowest BCUT2D eigenvalue weighted by Gasteiger charge is -2.16. The van der Waals surface area contributed by atoms with Crippen LogP contribution in [0.1, 0.15) is 40.6 Å². The molecule has 1 amide bonds. The summed E-state index contributed by atoms with van der Waals surface area (Å²) in [5.41, 5.74) is 2.69. The summed E-state index contributed by atoms with van der Waals surface area (Å²) in [7, 11) is 0. The summed E-state index contributed by atoms with van der Waals surface area (Å²) >= 11 is 6.06. The minimum absolute atomic E-state index is 0.100. The Morgan fingerprint density at radius 2 is 2.09 bits per heavy atom. The van der Waals surface area contributed by atoms with Gasteiger partial charge in [0.2, 0.25) is 0 Å². The Balaban J connectivity index is 1.61. The van der Waals surface area contributed by atoms with Gasteiger partial charge in [0.05, 0.1) is 30.2 Å². The lowest BCUT2D eigenvalue weighted by molar-refractivity contribution is 0.0996. The molecule has 4 rings (SSSR count). The van der Waals surface area contributed by atoms with Crippen molar-refractivity contribution in [1.82, 2.24) is 9.97 Å². The van der Waals surface area contributed by atoms with Crippen molar-refractivity contribution in [2.24, 2.45) is 5.92 Å². The van der Waals surface area contributed by atoms with E-state index >= 15 is 0 Å². The number of halogens is 1. The Bertz CT molecular complexity index is 744. The lowest BCUT2D eigenvalue weighted by Crippen LogP contribution is -2.23. The zero-order valence-corrected chi connectivity index (χ0v) is 12.5. The Labute approximate surface area is 132 Å². The molecule has 0 unspecified atom stereocenters. The van der Waals surface area contributed by atoms with Crippen molar-refractivity contribution in [2.75, 3.05) is 4.90 Å². The second-order valence-electron chi connectivity index (χ2n) is 5.74. The molecule has 2 aliphatic rings. The third-order valence-electron chi connectivity index (χ3n) is 4.25. The Kier molecular flexibility index (Phi) is 3.13. The third-order valence-corrected chi connectivity index (χ3v) is 4.57. The van der Waals surface area contributed by atoms with Crippen LogP contribution in [0.3, 0.4) is 0 Å². The highest BCUT2D eigenvalue weighted by Crippen LogP contribution is 2.40. The molecule has 1 atom stereocenters. The summed E-state index contributed by atoms with van der Waals surface area (Å²) in [4.78, 5) is 22.4. The van der Waals surface area contributed by atoms with Gasteiger partial charge in [-0.25, -0.2) is 4.98 Å². The average molecular weight is 316 g/mol. The van der Waals surface area contributed by atoms with Crippen LogP contribution in [0.4, 0.5) is 5.69 Å². The van der Waals surface area contributed by atoms with Gasteiger partial charge in [0.15, 0.2) is 0 Å². The van der Waals surface area contributed by atoms with Crippen molar-refractivity contribution in [3.8, 4) is 0 Å². The van der Waals surface area contributed by atoms with Crippen molar-refractivity contribution in [3.05, 3.63) is 52.6 Å². The van der Waals surface area contributed by atoms with E-state index in [-0.39, 0.29) is 5.91 Å². The first-order valence-corrected chi connectivity index (χ1v) is 7.62. The molecule has 1 aliphatic heterocycles. The number of anilines is 1. The number of nitrogens with zero attached hydrogens (tertiary/aromatic N) is 3. The lowest BCUT2D eigenvalue weighted by atomic mass is 10.1. The van der Waals surface area contributed by atoms with E-state index in [1.54, 1.807) is 23.2 Å². The van der Waals surface area contributed by atoms with Gasteiger partial charge in [-0.05, 0) is 37.0 Å². The van der Waals surface area contributed by atoms with Gasteiger partial charge in [0.25, 0.3) is 5.91 Å². The molecule has 5 nitrogen and oxygen atoms in total. The molecule has 1 aliphatic carbocycles. The standard InChI is InChI=1S/C16H14ClN3O2/c17-15-12-8-20(16(22)11(12)5-6-18-15)10-3-4-13(19-7-10)14(21)9-1-2-9/h3-7,9,14,21H,1-2,8H2/t14-/m1/s1. The van der Waals surface area contributed by atoms with Gasteiger partial charge in [-0.1, -0.05) is 11.6 Å². The van der Waals surface area contributed by atoms with E-state index in [2.05, 4.69) is 9.97 Å². The largest absolute Gasteiger partial charge is 0.387 e. The number of fused-ring (bicyclic) bond motifs is 1. The highest BCUT2D eigenvalue weighted by molar-refractivity contribution is 6.31. The molecular weight excluding hydrogens is 302 g/mol. The molecule has 2 aromatic rings. The first-order chi connectivity index (χ1) is 10.6. The Morgan fingerprint density at radius 1 is 1.27 bits per heavy atom. The molecule has 2 aromatic heterocycles. The molecule has 22 heavy (non-hydrogen) atoms. The summed E-state index contributed by atoms with van der Waals surface area (Å²) in [5.74, 6) is 0.234. The van der Waals surface area contributed by atoms with Crippen LogP contribution < -0.4 is 4.90 Å². The molecule has 1 saturated carbocycles. The van der Waals surface area contributed by atoms with Crippen LogP contribution in [0.15, 0.2) is 30.6 Å². The molecule has 0 aromatic carbocycles. The summed E-state index contributed by atoms with van der Waals surface area (Å²) in [6.45, 7) is 0.396. The van der Waals surface area contributed by atoms with Crippen LogP contribution in [-0.4, -0.2) is 21.0 Å². The summed E-state index contributed by atoms with van der Waals surface area (Å²) in [6.07, 6.45) is 4.77. The topological polar surface area (TPSA) is 66.3 Å². The normalized spacial score (nSPS) is 18.5. The average Bonchev–Trinajstić information content (AvgIpc) is 3.32. The number of pyridine rings is 2. The smallest absolute Gasteiger partial charge is 0.259 e. The molecule has 1 N–H and O–H groups in total. The summed E-state index contributed by atoms with van der Waals surface area (Å²) in [5, 5.41) is 10.4. The molecule has 112 valence electrons. The van der Waals surface area contributed by atoms with Crippen LogP contribution in [0, 0.1) is 5.92 Å². The van der Waals surface area contributed by atoms with Crippen LogP contribution in [0.25, 0.3) is 0 Å². The zero-order valence-electron chi connectivity index (χ0n) is 11.7. The minimum atomic E-state index is -0.501. The summed E-state index contributed by atoms with van der Waals surface area (Å²) in [6, 6.07) is 5.29. The number of hydrogen-bond donors (Lipinski definition) is 1. The number of aliphatic hydroxyl groups excluding tert-OH is 1. The molecule has 0 saturated heterocycles. The van der Waals surface area contributed by atoms with E-state index in [4.69, 9.17) is 11.6 Å². The van der Waals surface area contributed by atoms with Gasteiger partial charge in [-0.15, -0.1) is 0 Å². The maximum atomic E-state index is 12.4. The number of carbonyl (C=O) groups is 1. The maximum absolute atomic E-state index is 12.4. The number of amides is 1. The van der Waals surface area contributed by atoms with E-state index < -0.39 is 6.10 Å². The van der Waals surface area contributed by atoms with E-state index in [1.807, 2.05) is 6.07 Å². The number of rotatable bonds is 3. The Morgan fingerprint density at radius 3 is 2.73 bits per heavy atom. The number of aromatic nitrogens is 2. The van der Waals surface area contributed by atoms with Gasteiger partial charge in [0.1, 0.15) is 5.15 Å². The second-order valence-corrected chi connectivity index (χ2v) is 6.10. The highest BCUT2D eigenvalue weighted by atomic mass is 35.5. The molecule has 0 radical (unpaired) electrons. The molecular formula is C16H14ClN3O2. The van der Waals surface area contributed by atoms with Gasteiger partial charge in [-0.2, -0.15) is 0 Å². The minimum Gasteiger partial charge on any atom is -0.387 e. The first-order valence-electron chi connectivity index (χ1n) is 7.24. The van der Waals surface area contributed by atoms with Gasteiger partial charge < -0.3 is 10.0 Å². The van der Waals surface area contributed by atoms with Gasteiger partial charge >= 0.3 is 0 Å². The quantitative estimate of drug-likeness (QED) is 0.884. The maximum Gasteiger partial charge on any atom is 0.259 e. The predicted molar refractivity (Wildman–Crippen MR) is 81.7 cm³/mol. The molecule has 1 fully saturated rings. The fourth-order valence-corrected chi connectivity index (χ4v) is 3.00. The van der Waals surface area contributed by atoms with Crippen molar-refractivity contribution in [2.45, 2.75) is 25.5 Å². The van der Waals surface area contributed by atoms with E-state index in [9.17, 15) is 9.90 Å². The van der Waals surface area contributed by atoms with Gasteiger partial charge in [-0.3, -0.25) is 9.78 Å². The monoisotopic (exact) mass is 315 g/mol. The van der Waals surface area contributed by atoms with Crippen molar-refractivity contribution in [1.29, 1.82) is 0 Å². The SMILES string of the molecule is O=C1c2ccnc(Cl)c2CN1c1ccc([C@H](O)C2CC2)nc1. The predicted octanol–water partition coefficient (Wildman–Crippen LogP) is 2.73. The van der Waals surface area contributed by atoms with Crippen LogP contribution in [0.2, 0.25) is 5.15 Å². The molecule has 0 bridgehead atoms. The molecule has 0 spiro atoms. The number of hydrogen-bond acceptors (Lipinski definition) is 4. The zero-order chi connectivity index (χ0) is 15.3. The van der Waals surface area contributed by atoms with Crippen LogP contribution in [-0.2, 0) is 6.54 Å².